The highest BCUT2D eigenvalue weighted by Crippen LogP contribution is 2.37. The van der Waals surface area contributed by atoms with Gasteiger partial charge < -0.3 is 9.84 Å². The molecule has 0 saturated carbocycles. The van der Waals surface area contributed by atoms with Crippen LogP contribution in [0.3, 0.4) is 0 Å². The molecule has 2 heterocycles. The van der Waals surface area contributed by atoms with Gasteiger partial charge in [0.05, 0.1) is 12.2 Å². The Balaban J connectivity index is 1.49. The van der Waals surface area contributed by atoms with Gasteiger partial charge in [0.25, 0.3) is 0 Å². The third-order valence-electron chi connectivity index (χ3n) is 5.42. The lowest BCUT2D eigenvalue weighted by atomic mass is 9.88. The predicted molar refractivity (Wildman–Crippen MR) is 114 cm³/mol. The minimum absolute atomic E-state index is 0.140. The predicted octanol–water partition coefficient (Wildman–Crippen LogP) is 3.76. The molecule has 0 bridgehead atoms. The fourth-order valence-electron chi connectivity index (χ4n) is 4.01. The number of rotatable bonds is 6. The molecule has 0 saturated heterocycles. The van der Waals surface area contributed by atoms with Gasteiger partial charge in [-0.05, 0) is 42.2 Å². The van der Waals surface area contributed by atoms with Crippen molar-refractivity contribution < 1.29 is 14.6 Å². The van der Waals surface area contributed by atoms with Crippen molar-refractivity contribution in [3.8, 4) is 17.0 Å². The van der Waals surface area contributed by atoms with E-state index in [1.165, 1.54) is 6.33 Å². The first-order chi connectivity index (χ1) is 15.2. The largest absolute Gasteiger partial charge is 0.489 e. The Labute approximate surface area is 179 Å². The minimum Gasteiger partial charge on any atom is -0.489 e. The van der Waals surface area contributed by atoms with E-state index in [0.29, 0.717) is 19.6 Å². The lowest BCUT2D eigenvalue weighted by Gasteiger charge is -2.20. The molecule has 4 aromatic rings. The Morgan fingerprint density at radius 2 is 1.84 bits per heavy atom. The van der Waals surface area contributed by atoms with Crippen LogP contribution in [0.25, 0.3) is 11.3 Å². The second kappa shape index (κ2) is 8.02. The van der Waals surface area contributed by atoms with Gasteiger partial charge in [0.1, 0.15) is 18.7 Å². The summed E-state index contributed by atoms with van der Waals surface area (Å²) in [6, 6.07) is 15.9. The fraction of sp³-hybridized carbons (Fsp3) is 0.167. The number of hydrogen-bond donors (Lipinski definition) is 1. The smallest absolute Gasteiger partial charge is 0.356 e. The molecule has 1 aliphatic carbocycles. The molecule has 2 aromatic carbocycles. The molecular weight excluding hydrogens is 392 g/mol. The second-order valence-electron chi connectivity index (χ2n) is 7.48. The van der Waals surface area contributed by atoms with Gasteiger partial charge in [-0.1, -0.05) is 30.3 Å². The van der Waals surface area contributed by atoms with E-state index in [1.54, 1.807) is 12.4 Å². The molecular formula is C24H20N4O3. The number of carboxylic acid groups (broad SMARTS) is 1. The van der Waals surface area contributed by atoms with E-state index >= 15 is 0 Å². The number of aryl methyl sites for hydroxylation is 1. The molecule has 31 heavy (non-hydrogen) atoms. The number of carboxylic acids is 1. The zero-order chi connectivity index (χ0) is 21.2. The molecule has 0 atom stereocenters. The van der Waals surface area contributed by atoms with Crippen LogP contribution in [-0.4, -0.2) is 30.8 Å². The van der Waals surface area contributed by atoms with Crippen LogP contribution in [0, 0.1) is 0 Å². The van der Waals surface area contributed by atoms with Crippen LogP contribution in [-0.2, 0) is 26.0 Å². The summed E-state index contributed by atoms with van der Waals surface area (Å²) in [6.07, 6.45) is 6.32. The standard InChI is InChI=1S/C24H20N4O3/c29-24(30)22-21-8-6-18-10-19(31-14-17-11-25-15-26-12-17)7-9-20(18)23(21)28(27-22)13-16-4-2-1-3-5-16/h1-5,7,9-12,15H,6,8,13-14H2,(H,29,30). The summed E-state index contributed by atoms with van der Waals surface area (Å²) in [5, 5.41) is 14.1. The SMILES string of the molecule is O=C(O)c1nn(Cc2ccccc2)c2c1CCc1cc(OCc3cncnc3)ccc1-2. The fourth-order valence-corrected chi connectivity index (χ4v) is 4.01. The van der Waals surface area contributed by atoms with Crippen LogP contribution in [0.5, 0.6) is 5.75 Å². The number of benzene rings is 2. The minimum atomic E-state index is -0.989. The lowest BCUT2D eigenvalue weighted by Crippen LogP contribution is -2.10. The van der Waals surface area contributed by atoms with Crippen molar-refractivity contribution in [2.75, 3.05) is 0 Å². The first kappa shape index (κ1) is 19.0. The lowest BCUT2D eigenvalue weighted by molar-refractivity contribution is 0.0688. The van der Waals surface area contributed by atoms with Gasteiger partial charge in [-0.15, -0.1) is 0 Å². The molecule has 0 spiro atoms. The van der Waals surface area contributed by atoms with Crippen LogP contribution >= 0.6 is 0 Å². The molecule has 0 fully saturated rings. The number of ether oxygens (including phenoxy) is 1. The molecule has 1 aliphatic rings. The van der Waals surface area contributed by atoms with Gasteiger partial charge in [0, 0.05) is 29.1 Å². The van der Waals surface area contributed by atoms with Gasteiger partial charge >= 0.3 is 5.97 Å². The highest BCUT2D eigenvalue weighted by Gasteiger charge is 2.28. The monoisotopic (exact) mass is 412 g/mol. The van der Waals surface area contributed by atoms with Gasteiger partial charge in [-0.25, -0.2) is 14.8 Å². The highest BCUT2D eigenvalue weighted by atomic mass is 16.5. The van der Waals surface area contributed by atoms with Crippen LogP contribution in [0.2, 0.25) is 0 Å². The number of aromatic nitrogens is 4. The Hall–Kier alpha value is -4.00. The summed E-state index contributed by atoms with van der Waals surface area (Å²) < 4.78 is 7.73. The van der Waals surface area contributed by atoms with Crippen molar-refractivity contribution in [2.45, 2.75) is 26.0 Å². The first-order valence-electron chi connectivity index (χ1n) is 10.1. The first-order valence-corrected chi connectivity index (χ1v) is 10.1. The second-order valence-corrected chi connectivity index (χ2v) is 7.48. The van der Waals surface area contributed by atoms with Crippen LogP contribution in [0.1, 0.15) is 32.7 Å². The van der Waals surface area contributed by atoms with Crippen molar-refractivity contribution in [3.05, 3.63) is 95.2 Å². The molecule has 0 radical (unpaired) electrons. The van der Waals surface area contributed by atoms with E-state index in [0.717, 1.165) is 45.7 Å². The summed E-state index contributed by atoms with van der Waals surface area (Å²) in [5.74, 6) is -0.227. The summed E-state index contributed by atoms with van der Waals surface area (Å²) in [7, 11) is 0. The van der Waals surface area contributed by atoms with Crippen molar-refractivity contribution in [1.82, 2.24) is 19.7 Å². The van der Waals surface area contributed by atoms with E-state index in [2.05, 4.69) is 15.1 Å². The van der Waals surface area contributed by atoms with Gasteiger partial charge in [0.15, 0.2) is 5.69 Å². The topological polar surface area (TPSA) is 90.1 Å². The van der Waals surface area contributed by atoms with E-state index in [9.17, 15) is 9.90 Å². The van der Waals surface area contributed by atoms with Gasteiger partial charge in [-0.2, -0.15) is 5.10 Å². The Bertz CT molecular complexity index is 1240. The van der Waals surface area contributed by atoms with Crippen LogP contribution in [0.15, 0.2) is 67.3 Å². The quantitative estimate of drug-likeness (QED) is 0.519. The number of fused-ring (bicyclic) bond motifs is 3. The van der Waals surface area contributed by atoms with E-state index in [1.807, 2.05) is 53.2 Å². The van der Waals surface area contributed by atoms with Crippen molar-refractivity contribution in [1.29, 1.82) is 0 Å². The molecule has 0 aliphatic heterocycles. The molecule has 1 N–H and O–H groups in total. The van der Waals surface area contributed by atoms with Crippen molar-refractivity contribution in [3.63, 3.8) is 0 Å². The molecule has 0 unspecified atom stereocenters. The average molecular weight is 412 g/mol. The zero-order valence-corrected chi connectivity index (χ0v) is 16.7. The van der Waals surface area contributed by atoms with Gasteiger partial charge in [-0.3, -0.25) is 4.68 Å². The van der Waals surface area contributed by atoms with Gasteiger partial charge in [0.2, 0.25) is 0 Å². The number of carbonyl (C=O) groups is 1. The number of hydrogen-bond acceptors (Lipinski definition) is 5. The Kier molecular flexibility index (Phi) is 4.92. The summed E-state index contributed by atoms with van der Waals surface area (Å²) >= 11 is 0. The molecule has 0 amide bonds. The van der Waals surface area contributed by atoms with Crippen LogP contribution in [0.4, 0.5) is 0 Å². The van der Waals surface area contributed by atoms with Crippen molar-refractivity contribution >= 4 is 5.97 Å². The molecule has 7 heteroatoms. The molecule has 154 valence electrons. The molecule has 5 rings (SSSR count). The zero-order valence-electron chi connectivity index (χ0n) is 16.7. The average Bonchev–Trinajstić information content (AvgIpc) is 3.18. The normalized spacial score (nSPS) is 12.1. The molecule has 7 nitrogen and oxygen atoms in total. The third kappa shape index (κ3) is 3.77. The molecule has 2 aromatic heterocycles. The Morgan fingerprint density at radius 1 is 1.03 bits per heavy atom. The Morgan fingerprint density at radius 3 is 2.61 bits per heavy atom. The van der Waals surface area contributed by atoms with E-state index in [4.69, 9.17) is 4.74 Å². The maximum absolute atomic E-state index is 11.8. The number of nitrogens with zero attached hydrogens (tertiary/aromatic N) is 4. The summed E-state index contributed by atoms with van der Waals surface area (Å²) in [6.45, 7) is 0.905. The summed E-state index contributed by atoms with van der Waals surface area (Å²) in [5.41, 5.74) is 5.92. The maximum Gasteiger partial charge on any atom is 0.356 e. The maximum atomic E-state index is 11.8. The summed E-state index contributed by atoms with van der Waals surface area (Å²) in [4.78, 5) is 19.8. The highest BCUT2D eigenvalue weighted by molar-refractivity contribution is 5.90. The number of aromatic carboxylic acids is 1. The van der Waals surface area contributed by atoms with E-state index < -0.39 is 5.97 Å². The van der Waals surface area contributed by atoms with Crippen molar-refractivity contribution in [2.24, 2.45) is 0 Å². The van der Waals surface area contributed by atoms with E-state index in [-0.39, 0.29) is 5.69 Å². The third-order valence-corrected chi connectivity index (χ3v) is 5.42. The van der Waals surface area contributed by atoms with Crippen LogP contribution < -0.4 is 4.74 Å².